The Balaban J connectivity index is 2.19. The summed E-state index contributed by atoms with van der Waals surface area (Å²) in [4.78, 5) is 8.90. The van der Waals surface area contributed by atoms with Gasteiger partial charge in [-0.05, 0) is 32.0 Å². The predicted octanol–water partition coefficient (Wildman–Crippen LogP) is 4.87. The molecule has 5 heteroatoms. The summed E-state index contributed by atoms with van der Waals surface area (Å²) in [6, 6.07) is 16.0. The van der Waals surface area contributed by atoms with E-state index in [4.69, 9.17) is 22.3 Å². The van der Waals surface area contributed by atoms with E-state index in [1.165, 1.54) is 0 Å². The normalized spacial score (nSPS) is 10.8. The van der Waals surface area contributed by atoms with Crippen molar-refractivity contribution in [2.75, 3.05) is 11.1 Å². The van der Waals surface area contributed by atoms with E-state index in [2.05, 4.69) is 24.1 Å². The Morgan fingerprint density at radius 1 is 1.04 bits per heavy atom. The monoisotopic (exact) mass is 338 g/mol. The first kappa shape index (κ1) is 16.3. The van der Waals surface area contributed by atoms with Gasteiger partial charge in [0.05, 0.1) is 22.0 Å². The highest BCUT2D eigenvalue weighted by atomic mass is 35.5. The van der Waals surface area contributed by atoms with E-state index in [9.17, 15) is 0 Å². The molecule has 0 unspecified atom stereocenters. The highest BCUT2D eigenvalue weighted by Crippen LogP contribution is 2.34. The number of rotatable bonds is 4. The van der Waals surface area contributed by atoms with E-state index in [1.807, 2.05) is 42.5 Å². The molecule has 2 heterocycles. The van der Waals surface area contributed by atoms with Crippen LogP contribution in [0.4, 0.5) is 11.5 Å². The molecule has 0 bridgehead atoms. The third kappa shape index (κ3) is 3.49. The molecule has 0 aliphatic rings. The number of aromatic nitrogens is 2. The van der Waals surface area contributed by atoms with Gasteiger partial charge in [0.1, 0.15) is 5.82 Å². The Morgan fingerprint density at radius 3 is 2.42 bits per heavy atom. The number of halogens is 1. The first-order valence-electron chi connectivity index (χ1n) is 7.79. The summed E-state index contributed by atoms with van der Waals surface area (Å²) in [6.45, 7) is 4.18. The van der Waals surface area contributed by atoms with Gasteiger partial charge in [0, 0.05) is 23.5 Å². The lowest BCUT2D eigenvalue weighted by Gasteiger charge is -2.15. The lowest BCUT2D eigenvalue weighted by atomic mass is 10.1. The van der Waals surface area contributed by atoms with Crippen molar-refractivity contribution in [1.29, 1.82) is 0 Å². The molecule has 0 fully saturated rings. The number of hydrogen-bond acceptors (Lipinski definition) is 4. The van der Waals surface area contributed by atoms with Crippen LogP contribution in [0.15, 0.2) is 54.7 Å². The van der Waals surface area contributed by atoms with Crippen LogP contribution >= 0.6 is 11.6 Å². The SMILES string of the molecule is CC(C)Nc1cc(-c2ccccc2)nc(-c2c(Cl)ccnc2N)c1. The average Bonchev–Trinajstić information content (AvgIpc) is 2.55. The summed E-state index contributed by atoms with van der Waals surface area (Å²) in [5.41, 5.74) is 10.3. The standard InChI is InChI=1S/C19H19ClN4/c1-12(2)23-14-10-16(13-6-4-3-5-7-13)24-17(11-14)18-15(20)8-9-22-19(18)21/h3-12H,1-2H3,(H2,21,22)(H,23,24). The van der Waals surface area contributed by atoms with Crippen molar-refractivity contribution in [2.45, 2.75) is 19.9 Å². The Kier molecular flexibility index (Phi) is 4.67. The van der Waals surface area contributed by atoms with Crippen molar-refractivity contribution >= 4 is 23.1 Å². The summed E-state index contributed by atoms with van der Waals surface area (Å²) in [5.74, 6) is 0.371. The van der Waals surface area contributed by atoms with Crippen LogP contribution in [-0.4, -0.2) is 16.0 Å². The molecule has 0 aliphatic heterocycles. The highest BCUT2D eigenvalue weighted by Gasteiger charge is 2.13. The highest BCUT2D eigenvalue weighted by molar-refractivity contribution is 6.33. The molecule has 0 saturated heterocycles. The van der Waals surface area contributed by atoms with Crippen LogP contribution in [0, 0.1) is 0 Å². The maximum Gasteiger partial charge on any atom is 0.134 e. The number of pyridine rings is 2. The Hall–Kier alpha value is -2.59. The zero-order valence-corrected chi connectivity index (χ0v) is 14.4. The quantitative estimate of drug-likeness (QED) is 0.712. The lowest BCUT2D eigenvalue weighted by Crippen LogP contribution is -2.10. The van der Waals surface area contributed by atoms with Crippen LogP contribution in [0.2, 0.25) is 5.02 Å². The molecular weight excluding hydrogens is 320 g/mol. The number of nitrogen functional groups attached to an aromatic ring is 1. The molecule has 3 rings (SSSR count). The van der Waals surface area contributed by atoms with Crippen LogP contribution in [0.5, 0.6) is 0 Å². The van der Waals surface area contributed by atoms with Crippen molar-refractivity contribution < 1.29 is 0 Å². The second-order valence-electron chi connectivity index (χ2n) is 5.84. The average molecular weight is 339 g/mol. The minimum atomic E-state index is 0.297. The van der Waals surface area contributed by atoms with Crippen molar-refractivity contribution in [3.63, 3.8) is 0 Å². The molecule has 2 aromatic heterocycles. The zero-order valence-electron chi connectivity index (χ0n) is 13.6. The van der Waals surface area contributed by atoms with Gasteiger partial charge in [-0.1, -0.05) is 41.9 Å². The maximum atomic E-state index is 6.34. The first-order chi connectivity index (χ1) is 11.5. The number of anilines is 2. The van der Waals surface area contributed by atoms with Gasteiger partial charge in [-0.2, -0.15) is 0 Å². The summed E-state index contributed by atoms with van der Waals surface area (Å²) < 4.78 is 0. The molecule has 0 spiro atoms. The van der Waals surface area contributed by atoms with Gasteiger partial charge in [-0.3, -0.25) is 0 Å². The van der Waals surface area contributed by atoms with E-state index in [-0.39, 0.29) is 0 Å². The lowest BCUT2D eigenvalue weighted by molar-refractivity contribution is 0.899. The van der Waals surface area contributed by atoms with Crippen molar-refractivity contribution in [1.82, 2.24) is 9.97 Å². The van der Waals surface area contributed by atoms with Crippen molar-refractivity contribution in [3.05, 3.63) is 59.8 Å². The maximum absolute atomic E-state index is 6.34. The Labute approximate surface area is 146 Å². The molecule has 0 saturated carbocycles. The fraction of sp³-hybridized carbons (Fsp3) is 0.158. The van der Waals surface area contributed by atoms with Crippen molar-refractivity contribution in [3.8, 4) is 22.5 Å². The van der Waals surface area contributed by atoms with Crippen LogP contribution in [0.25, 0.3) is 22.5 Å². The summed E-state index contributed by atoms with van der Waals surface area (Å²) in [6.07, 6.45) is 1.59. The molecule has 0 atom stereocenters. The summed E-state index contributed by atoms with van der Waals surface area (Å²) in [5, 5.41) is 3.96. The molecule has 3 aromatic rings. The van der Waals surface area contributed by atoms with E-state index < -0.39 is 0 Å². The minimum absolute atomic E-state index is 0.297. The third-order valence-corrected chi connectivity index (χ3v) is 3.85. The van der Waals surface area contributed by atoms with Gasteiger partial charge in [0.25, 0.3) is 0 Å². The predicted molar refractivity (Wildman–Crippen MR) is 101 cm³/mol. The van der Waals surface area contributed by atoms with E-state index in [0.29, 0.717) is 28.1 Å². The zero-order chi connectivity index (χ0) is 17.1. The molecule has 0 radical (unpaired) electrons. The molecule has 0 aliphatic carbocycles. The van der Waals surface area contributed by atoms with E-state index in [0.717, 1.165) is 16.9 Å². The first-order valence-corrected chi connectivity index (χ1v) is 8.17. The molecule has 24 heavy (non-hydrogen) atoms. The van der Waals surface area contributed by atoms with Crippen LogP contribution < -0.4 is 11.1 Å². The van der Waals surface area contributed by atoms with E-state index in [1.54, 1.807) is 12.3 Å². The van der Waals surface area contributed by atoms with Gasteiger partial charge >= 0.3 is 0 Å². The molecular formula is C19H19ClN4. The van der Waals surface area contributed by atoms with Gasteiger partial charge in [0.15, 0.2) is 0 Å². The summed E-state index contributed by atoms with van der Waals surface area (Å²) in [7, 11) is 0. The molecule has 122 valence electrons. The third-order valence-electron chi connectivity index (χ3n) is 3.54. The second-order valence-corrected chi connectivity index (χ2v) is 6.25. The fourth-order valence-corrected chi connectivity index (χ4v) is 2.79. The van der Waals surface area contributed by atoms with Gasteiger partial charge in [-0.25, -0.2) is 9.97 Å². The molecule has 1 aromatic carbocycles. The van der Waals surface area contributed by atoms with Crippen LogP contribution in [0.1, 0.15) is 13.8 Å². The largest absolute Gasteiger partial charge is 0.383 e. The van der Waals surface area contributed by atoms with Crippen molar-refractivity contribution in [2.24, 2.45) is 0 Å². The summed E-state index contributed by atoms with van der Waals surface area (Å²) >= 11 is 6.34. The van der Waals surface area contributed by atoms with Gasteiger partial charge in [-0.15, -0.1) is 0 Å². The Bertz CT molecular complexity index is 827. The molecule has 3 N–H and O–H groups in total. The topological polar surface area (TPSA) is 63.8 Å². The fourth-order valence-electron chi connectivity index (χ4n) is 2.54. The Morgan fingerprint density at radius 2 is 1.75 bits per heavy atom. The second kappa shape index (κ2) is 6.89. The molecule has 4 nitrogen and oxygen atoms in total. The van der Waals surface area contributed by atoms with Gasteiger partial charge < -0.3 is 11.1 Å². The number of nitrogens with two attached hydrogens (primary N) is 1. The van der Waals surface area contributed by atoms with Crippen LogP contribution in [0.3, 0.4) is 0 Å². The van der Waals surface area contributed by atoms with Gasteiger partial charge in [0.2, 0.25) is 0 Å². The number of nitrogens with zero attached hydrogens (tertiary/aromatic N) is 2. The molecule has 0 amide bonds. The minimum Gasteiger partial charge on any atom is -0.383 e. The van der Waals surface area contributed by atoms with Crippen LogP contribution in [-0.2, 0) is 0 Å². The number of benzene rings is 1. The van der Waals surface area contributed by atoms with E-state index >= 15 is 0 Å². The number of nitrogens with one attached hydrogen (secondary N) is 1. The number of hydrogen-bond donors (Lipinski definition) is 2. The smallest absolute Gasteiger partial charge is 0.134 e.